The zero-order valence-corrected chi connectivity index (χ0v) is 15.5. The maximum atomic E-state index is 12.0. The predicted octanol–water partition coefficient (Wildman–Crippen LogP) is 2.03. The van der Waals surface area contributed by atoms with Gasteiger partial charge in [0.2, 0.25) is 0 Å². The Labute approximate surface area is 143 Å². The molecule has 0 spiro atoms. The molecule has 0 radical (unpaired) electrons. The van der Waals surface area contributed by atoms with Gasteiger partial charge in [-0.3, -0.25) is 4.79 Å². The molecule has 0 saturated carbocycles. The maximum absolute atomic E-state index is 12.0. The van der Waals surface area contributed by atoms with E-state index in [1.165, 1.54) is 0 Å². The number of amides is 1. The molecule has 0 fully saturated rings. The topological polar surface area (TPSA) is 81.1 Å². The van der Waals surface area contributed by atoms with Gasteiger partial charge in [-0.1, -0.05) is 0 Å². The molecule has 1 amide bonds. The van der Waals surface area contributed by atoms with Crippen molar-refractivity contribution in [3.05, 3.63) is 45.7 Å². The highest BCUT2D eigenvalue weighted by Gasteiger charge is 2.11. The minimum Gasteiger partial charge on any atom is -0.351 e. The smallest absolute Gasteiger partial charge is 0.251 e. The van der Waals surface area contributed by atoms with Gasteiger partial charge < -0.3 is 5.32 Å². The second kappa shape index (κ2) is 6.84. The molecular weight excluding hydrogens is 382 g/mol. The molecule has 0 aliphatic carbocycles. The number of hydrogen-bond acceptors (Lipinski definition) is 4. The van der Waals surface area contributed by atoms with Crippen molar-refractivity contribution < 1.29 is 13.2 Å². The van der Waals surface area contributed by atoms with Crippen LogP contribution in [0, 0.1) is 13.8 Å². The van der Waals surface area contributed by atoms with Crippen molar-refractivity contribution in [2.45, 2.75) is 13.8 Å². The van der Waals surface area contributed by atoms with E-state index < -0.39 is 9.84 Å². The van der Waals surface area contributed by atoms with Crippen molar-refractivity contribution in [3.8, 4) is 5.69 Å². The summed E-state index contributed by atoms with van der Waals surface area (Å²) < 4.78 is 24.8. The average Bonchev–Trinajstić information content (AvgIpc) is 2.74. The largest absolute Gasteiger partial charge is 0.351 e. The molecule has 0 saturated heterocycles. The van der Waals surface area contributed by atoms with Crippen LogP contribution >= 0.6 is 15.9 Å². The van der Waals surface area contributed by atoms with Crippen molar-refractivity contribution in [3.63, 3.8) is 0 Å². The molecule has 2 aromatic rings. The molecule has 1 aromatic carbocycles. The van der Waals surface area contributed by atoms with Crippen LogP contribution in [0.2, 0.25) is 0 Å². The molecule has 0 aliphatic heterocycles. The summed E-state index contributed by atoms with van der Waals surface area (Å²) in [6.45, 7) is 3.97. The first-order valence-electron chi connectivity index (χ1n) is 6.97. The third-order valence-electron chi connectivity index (χ3n) is 3.34. The van der Waals surface area contributed by atoms with Gasteiger partial charge in [0.25, 0.3) is 5.91 Å². The molecule has 1 N–H and O–H groups in total. The third kappa shape index (κ3) is 4.42. The van der Waals surface area contributed by atoms with Gasteiger partial charge in [-0.2, -0.15) is 5.10 Å². The number of nitrogens with zero attached hydrogens (tertiary/aromatic N) is 2. The first-order chi connectivity index (χ1) is 10.7. The fourth-order valence-electron chi connectivity index (χ4n) is 2.08. The summed E-state index contributed by atoms with van der Waals surface area (Å²) in [7, 11) is -3.08. The fraction of sp³-hybridized carbons (Fsp3) is 0.333. The van der Waals surface area contributed by atoms with E-state index in [1.54, 1.807) is 28.9 Å². The Kier molecular flexibility index (Phi) is 5.26. The monoisotopic (exact) mass is 399 g/mol. The Morgan fingerprint density at radius 3 is 2.35 bits per heavy atom. The van der Waals surface area contributed by atoms with E-state index in [9.17, 15) is 13.2 Å². The van der Waals surface area contributed by atoms with Crippen LogP contribution in [-0.2, 0) is 9.84 Å². The molecule has 0 aliphatic rings. The Morgan fingerprint density at radius 2 is 1.87 bits per heavy atom. The van der Waals surface area contributed by atoms with E-state index in [0.29, 0.717) is 5.56 Å². The van der Waals surface area contributed by atoms with E-state index in [0.717, 1.165) is 27.8 Å². The summed E-state index contributed by atoms with van der Waals surface area (Å²) in [5.74, 6) is -0.369. The van der Waals surface area contributed by atoms with Crippen LogP contribution in [0.1, 0.15) is 21.7 Å². The molecular formula is C15H18BrN3O3S. The van der Waals surface area contributed by atoms with Gasteiger partial charge >= 0.3 is 0 Å². The molecule has 6 nitrogen and oxygen atoms in total. The SMILES string of the molecule is Cc1nn(-c2ccc(C(=O)NCCS(C)(=O)=O)cc2)c(C)c1Br. The number of nitrogens with one attached hydrogen (secondary N) is 1. The van der Waals surface area contributed by atoms with Crippen molar-refractivity contribution >= 4 is 31.7 Å². The number of aryl methyl sites for hydroxylation is 1. The first kappa shape index (κ1) is 17.7. The number of hydrogen-bond donors (Lipinski definition) is 1. The van der Waals surface area contributed by atoms with E-state index in [-0.39, 0.29) is 18.2 Å². The highest BCUT2D eigenvalue weighted by molar-refractivity contribution is 9.10. The Hall–Kier alpha value is -1.67. The highest BCUT2D eigenvalue weighted by atomic mass is 79.9. The van der Waals surface area contributed by atoms with Crippen molar-refractivity contribution in [2.24, 2.45) is 0 Å². The lowest BCUT2D eigenvalue weighted by Gasteiger charge is -2.07. The maximum Gasteiger partial charge on any atom is 0.251 e. The fourth-order valence-corrected chi connectivity index (χ4v) is 2.80. The minimum absolute atomic E-state index is 0.0728. The summed E-state index contributed by atoms with van der Waals surface area (Å²) >= 11 is 3.48. The normalized spacial score (nSPS) is 11.5. The van der Waals surface area contributed by atoms with Crippen LogP contribution in [0.3, 0.4) is 0 Å². The zero-order valence-electron chi connectivity index (χ0n) is 13.1. The lowest BCUT2D eigenvalue weighted by Crippen LogP contribution is -2.28. The van der Waals surface area contributed by atoms with Crippen molar-refractivity contribution in [1.29, 1.82) is 0 Å². The molecule has 2 rings (SSSR count). The number of carbonyl (C=O) groups excluding carboxylic acids is 1. The summed E-state index contributed by atoms with van der Waals surface area (Å²) in [6.07, 6.45) is 1.14. The van der Waals surface area contributed by atoms with E-state index >= 15 is 0 Å². The molecule has 1 aromatic heterocycles. The summed E-state index contributed by atoms with van der Waals surface area (Å²) in [5, 5.41) is 7.03. The number of sulfone groups is 1. The van der Waals surface area contributed by atoms with Crippen LogP contribution in [0.4, 0.5) is 0 Å². The standard InChI is InChI=1S/C15H18BrN3O3S/c1-10-14(16)11(2)19(18-10)13-6-4-12(5-7-13)15(20)17-8-9-23(3,21)22/h4-7H,8-9H2,1-3H3,(H,17,20). The minimum atomic E-state index is -3.08. The van der Waals surface area contributed by atoms with Gasteiger partial charge in [-0.25, -0.2) is 13.1 Å². The summed E-state index contributed by atoms with van der Waals surface area (Å²) in [4.78, 5) is 12.0. The first-order valence-corrected chi connectivity index (χ1v) is 9.82. The second-order valence-electron chi connectivity index (χ2n) is 5.33. The number of benzene rings is 1. The molecule has 1 heterocycles. The summed E-state index contributed by atoms with van der Waals surface area (Å²) in [6, 6.07) is 6.99. The van der Waals surface area contributed by atoms with E-state index in [2.05, 4.69) is 26.3 Å². The molecule has 124 valence electrons. The quantitative estimate of drug-likeness (QED) is 0.833. The Balaban J connectivity index is 2.10. The van der Waals surface area contributed by atoms with Gasteiger partial charge in [-0.15, -0.1) is 0 Å². The van der Waals surface area contributed by atoms with Crippen LogP contribution in [0.25, 0.3) is 5.69 Å². The van der Waals surface area contributed by atoms with Crippen LogP contribution in [0.5, 0.6) is 0 Å². The third-order valence-corrected chi connectivity index (χ3v) is 5.43. The lowest BCUT2D eigenvalue weighted by molar-refractivity contribution is 0.0956. The molecule has 8 heteroatoms. The van der Waals surface area contributed by atoms with E-state index in [4.69, 9.17) is 0 Å². The van der Waals surface area contributed by atoms with Crippen molar-refractivity contribution in [2.75, 3.05) is 18.6 Å². The van der Waals surface area contributed by atoms with Gasteiger partial charge in [-0.05, 0) is 54.0 Å². The van der Waals surface area contributed by atoms with Crippen LogP contribution in [-0.4, -0.2) is 42.7 Å². The van der Waals surface area contributed by atoms with Crippen LogP contribution < -0.4 is 5.32 Å². The number of rotatable bonds is 5. The Bertz CT molecular complexity index is 826. The number of aromatic nitrogens is 2. The molecule has 23 heavy (non-hydrogen) atoms. The average molecular weight is 400 g/mol. The van der Waals surface area contributed by atoms with Gasteiger partial charge in [0.15, 0.2) is 0 Å². The molecule has 0 bridgehead atoms. The lowest BCUT2D eigenvalue weighted by atomic mass is 10.2. The number of halogens is 1. The predicted molar refractivity (Wildman–Crippen MR) is 92.8 cm³/mol. The van der Waals surface area contributed by atoms with Gasteiger partial charge in [0.1, 0.15) is 9.84 Å². The molecule has 0 unspecified atom stereocenters. The highest BCUT2D eigenvalue weighted by Crippen LogP contribution is 2.23. The van der Waals surface area contributed by atoms with E-state index in [1.807, 2.05) is 13.8 Å². The van der Waals surface area contributed by atoms with Crippen LogP contribution in [0.15, 0.2) is 28.7 Å². The zero-order chi connectivity index (χ0) is 17.2. The Morgan fingerprint density at radius 1 is 1.26 bits per heavy atom. The van der Waals surface area contributed by atoms with Crippen molar-refractivity contribution in [1.82, 2.24) is 15.1 Å². The molecule has 0 atom stereocenters. The number of carbonyl (C=O) groups is 1. The van der Waals surface area contributed by atoms with Gasteiger partial charge in [0.05, 0.1) is 27.3 Å². The summed E-state index contributed by atoms with van der Waals surface area (Å²) in [5.41, 5.74) is 3.20. The van der Waals surface area contributed by atoms with Gasteiger partial charge in [0, 0.05) is 18.4 Å². The second-order valence-corrected chi connectivity index (χ2v) is 8.38.